The van der Waals surface area contributed by atoms with Crippen molar-refractivity contribution in [2.24, 2.45) is 11.8 Å². The molecule has 3 aromatic rings. The van der Waals surface area contributed by atoms with E-state index < -0.39 is 21.7 Å². The summed E-state index contributed by atoms with van der Waals surface area (Å²) in [6.45, 7) is 7.41. The van der Waals surface area contributed by atoms with E-state index in [2.05, 4.69) is 25.7 Å². The van der Waals surface area contributed by atoms with Gasteiger partial charge in [0.15, 0.2) is 0 Å². The lowest BCUT2D eigenvalue weighted by Gasteiger charge is -2.28. The summed E-state index contributed by atoms with van der Waals surface area (Å²) in [7, 11) is -3.69. The van der Waals surface area contributed by atoms with Crippen molar-refractivity contribution in [1.82, 2.24) is 20.0 Å². The molecule has 1 aliphatic rings. The number of alkyl carbamates (subject to hydrolysis) is 1. The highest BCUT2D eigenvalue weighted by molar-refractivity contribution is 7.89. The predicted molar refractivity (Wildman–Crippen MR) is 168 cm³/mol. The first-order valence-electron chi connectivity index (χ1n) is 14.0. The number of sulfonamides is 1. The van der Waals surface area contributed by atoms with Crippen LogP contribution in [0.25, 0.3) is 10.9 Å². The van der Waals surface area contributed by atoms with Crippen LogP contribution in [0.4, 0.5) is 16.6 Å². The number of hydrogen-bond acceptors (Lipinski definition) is 8. The molecule has 0 aliphatic heterocycles. The van der Waals surface area contributed by atoms with Crippen LogP contribution in [-0.4, -0.2) is 56.3 Å². The van der Waals surface area contributed by atoms with Gasteiger partial charge in [0.2, 0.25) is 16.0 Å². The number of hydrogen-bond donors (Lipinski definition) is 4. The fraction of sp³-hybridized carbons (Fsp3) is 0.483. The average molecular weight is 638 g/mol. The summed E-state index contributed by atoms with van der Waals surface area (Å²) in [6, 6.07) is 12.1. The van der Waals surface area contributed by atoms with Crippen LogP contribution in [0.3, 0.4) is 0 Å². The van der Waals surface area contributed by atoms with Gasteiger partial charge in [-0.25, -0.2) is 22.9 Å². The molecule has 0 radical (unpaired) electrons. The third kappa shape index (κ3) is 9.58. The van der Waals surface area contributed by atoms with Gasteiger partial charge in [0.05, 0.1) is 10.4 Å². The van der Waals surface area contributed by atoms with Crippen LogP contribution in [0.1, 0.15) is 46.5 Å². The average Bonchev–Trinajstić information content (AvgIpc) is 2.92. The van der Waals surface area contributed by atoms with Crippen molar-refractivity contribution in [2.45, 2.75) is 57.0 Å². The van der Waals surface area contributed by atoms with Crippen molar-refractivity contribution in [2.75, 3.05) is 36.8 Å². The number of rotatable bonds is 11. The third-order valence-corrected chi connectivity index (χ3v) is 8.75. The number of amides is 1. The number of ether oxygens (including phenoxy) is 1. The van der Waals surface area contributed by atoms with E-state index in [-0.39, 0.29) is 20.9 Å². The third-order valence-electron chi connectivity index (χ3n) is 6.91. The Morgan fingerprint density at radius 1 is 0.929 bits per heavy atom. The van der Waals surface area contributed by atoms with Gasteiger partial charge in [0.25, 0.3) is 0 Å². The second kappa shape index (κ2) is 14.1. The van der Waals surface area contributed by atoms with Gasteiger partial charge in [-0.15, -0.1) is 0 Å². The van der Waals surface area contributed by atoms with Gasteiger partial charge in [-0.2, -0.15) is 4.98 Å². The van der Waals surface area contributed by atoms with Crippen LogP contribution in [0, 0.1) is 11.8 Å². The van der Waals surface area contributed by atoms with E-state index in [1.165, 1.54) is 18.2 Å². The number of anilines is 2. The monoisotopic (exact) mass is 636 g/mol. The van der Waals surface area contributed by atoms with Gasteiger partial charge >= 0.3 is 6.09 Å². The molecule has 0 unspecified atom stereocenters. The summed E-state index contributed by atoms with van der Waals surface area (Å²) < 4.78 is 33.4. The topological polar surface area (TPSA) is 134 Å². The first-order valence-corrected chi connectivity index (χ1v) is 16.3. The molecular weight excluding hydrogens is 599 g/mol. The number of fused-ring (bicyclic) bond motifs is 1. The van der Waals surface area contributed by atoms with Gasteiger partial charge in [-0.1, -0.05) is 35.3 Å². The number of para-hydroxylation sites is 1. The maximum Gasteiger partial charge on any atom is 0.407 e. The molecule has 1 saturated carbocycles. The molecule has 13 heteroatoms. The molecule has 10 nitrogen and oxygen atoms in total. The molecule has 1 aromatic heterocycles. The van der Waals surface area contributed by atoms with Crippen LogP contribution in [0.15, 0.2) is 47.4 Å². The van der Waals surface area contributed by atoms with E-state index in [4.69, 9.17) is 32.9 Å². The summed E-state index contributed by atoms with van der Waals surface area (Å²) in [6.07, 6.45) is 3.31. The highest BCUT2D eigenvalue weighted by Crippen LogP contribution is 2.30. The molecule has 1 aliphatic carbocycles. The Bertz CT molecular complexity index is 1470. The van der Waals surface area contributed by atoms with Crippen molar-refractivity contribution >= 4 is 62.0 Å². The molecule has 2 aromatic carbocycles. The Balaban J connectivity index is 1.26. The summed E-state index contributed by atoms with van der Waals surface area (Å²) in [5, 5.41) is 10.9. The fourth-order valence-electron chi connectivity index (χ4n) is 4.82. The zero-order valence-electron chi connectivity index (χ0n) is 24.0. The molecule has 0 bridgehead atoms. The fourth-order valence-corrected chi connectivity index (χ4v) is 6.66. The second-order valence-electron chi connectivity index (χ2n) is 11.5. The lowest BCUT2D eigenvalue weighted by Crippen LogP contribution is -2.35. The summed E-state index contributed by atoms with van der Waals surface area (Å²) >= 11 is 12.0. The largest absolute Gasteiger partial charge is 0.444 e. The number of carbonyl (C=O) groups is 1. The summed E-state index contributed by atoms with van der Waals surface area (Å²) in [4.78, 5) is 21.4. The first-order chi connectivity index (χ1) is 19.9. The minimum atomic E-state index is -3.69. The van der Waals surface area contributed by atoms with Crippen molar-refractivity contribution in [3.05, 3.63) is 52.5 Å². The SMILES string of the molecule is CC(C)(C)OC(=O)NCCNc1nc(NC[C@H]2CC[C@H](CNS(=O)(=O)c3cc(Cl)cc(Cl)c3)CC2)nc2ccccc12. The van der Waals surface area contributed by atoms with E-state index in [9.17, 15) is 13.2 Å². The molecule has 0 spiro atoms. The summed E-state index contributed by atoms with van der Waals surface area (Å²) in [5.74, 6) is 1.90. The lowest BCUT2D eigenvalue weighted by atomic mass is 9.82. The molecule has 4 rings (SSSR count). The first kappa shape index (κ1) is 32.1. The van der Waals surface area contributed by atoms with Gasteiger partial charge in [-0.3, -0.25) is 0 Å². The van der Waals surface area contributed by atoms with Crippen LogP contribution < -0.4 is 20.7 Å². The van der Waals surface area contributed by atoms with Crippen molar-refractivity contribution < 1.29 is 17.9 Å². The van der Waals surface area contributed by atoms with Gasteiger partial charge in [-0.05, 0) is 88.6 Å². The number of nitrogens with one attached hydrogen (secondary N) is 4. The summed E-state index contributed by atoms with van der Waals surface area (Å²) in [5.41, 5.74) is 0.263. The van der Waals surface area contributed by atoms with Crippen LogP contribution in [0.2, 0.25) is 10.0 Å². The van der Waals surface area contributed by atoms with Crippen molar-refractivity contribution in [3.8, 4) is 0 Å². The highest BCUT2D eigenvalue weighted by atomic mass is 35.5. The van der Waals surface area contributed by atoms with Crippen LogP contribution >= 0.6 is 23.2 Å². The Morgan fingerprint density at radius 2 is 1.57 bits per heavy atom. The maximum absolute atomic E-state index is 12.7. The van der Waals surface area contributed by atoms with Gasteiger partial charge in [0.1, 0.15) is 11.4 Å². The molecule has 0 atom stereocenters. The lowest BCUT2D eigenvalue weighted by molar-refractivity contribution is 0.0530. The van der Waals surface area contributed by atoms with Crippen LogP contribution in [-0.2, 0) is 14.8 Å². The Labute approximate surface area is 257 Å². The van der Waals surface area contributed by atoms with Gasteiger partial charge < -0.3 is 20.7 Å². The number of halogens is 2. The van der Waals surface area contributed by atoms with E-state index in [0.717, 1.165) is 43.1 Å². The maximum atomic E-state index is 12.7. The number of benzene rings is 2. The van der Waals surface area contributed by atoms with E-state index in [1.54, 1.807) is 0 Å². The Kier molecular flexibility index (Phi) is 10.7. The number of aromatic nitrogens is 2. The minimum absolute atomic E-state index is 0.0708. The molecule has 228 valence electrons. The smallest absolute Gasteiger partial charge is 0.407 e. The number of carbonyl (C=O) groups excluding carboxylic acids is 1. The molecule has 1 amide bonds. The minimum Gasteiger partial charge on any atom is -0.444 e. The van der Waals surface area contributed by atoms with E-state index >= 15 is 0 Å². The Hall–Kier alpha value is -2.86. The molecule has 1 fully saturated rings. The van der Waals surface area contributed by atoms with Crippen molar-refractivity contribution in [1.29, 1.82) is 0 Å². The van der Waals surface area contributed by atoms with Crippen LogP contribution in [0.5, 0.6) is 0 Å². The Morgan fingerprint density at radius 3 is 2.24 bits per heavy atom. The highest BCUT2D eigenvalue weighted by Gasteiger charge is 2.24. The molecule has 42 heavy (non-hydrogen) atoms. The molecule has 1 heterocycles. The molecule has 0 saturated heterocycles. The second-order valence-corrected chi connectivity index (χ2v) is 14.1. The quantitative estimate of drug-likeness (QED) is 0.186. The zero-order chi connectivity index (χ0) is 30.3. The molecule has 4 N–H and O–H groups in total. The van der Waals surface area contributed by atoms with Crippen molar-refractivity contribution in [3.63, 3.8) is 0 Å². The predicted octanol–water partition coefficient (Wildman–Crippen LogP) is 6.07. The van der Waals surface area contributed by atoms with Gasteiger partial charge in [0, 0.05) is 41.6 Å². The molecular formula is C29H38Cl2N6O4S. The zero-order valence-corrected chi connectivity index (χ0v) is 26.4. The van der Waals surface area contributed by atoms with E-state index in [1.807, 2.05) is 45.0 Å². The number of nitrogens with zero attached hydrogens (tertiary/aromatic N) is 2. The van der Waals surface area contributed by atoms with E-state index in [0.29, 0.717) is 37.3 Å². The normalized spacial score (nSPS) is 17.5. The standard InChI is InChI=1S/C29H38Cl2N6O4S/c1-29(2,3)41-28(38)33-13-12-32-26-24-6-4-5-7-25(24)36-27(37-26)34-17-19-8-10-20(11-9-19)18-35-42(39,40)23-15-21(30)14-22(31)16-23/h4-7,14-16,19-20,35H,8-13,17-18H2,1-3H3,(H,33,38)(H2,32,34,36,37)/t19-,20-.